The Labute approximate surface area is 165 Å². The summed E-state index contributed by atoms with van der Waals surface area (Å²) in [6.45, 7) is 10.1. The van der Waals surface area contributed by atoms with Crippen molar-refractivity contribution < 1.29 is 14.2 Å². The maximum absolute atomic E-state index is 6.13. The number of nitrogens with zero attached hydrogens (tertiary/aromatic N) is 3. The van der Waals surface area contributed by atoms with Crippen LogP contribution in [0.1, 0.15) is 39.0 Å². The van der Waals surface area contributed by atoms with Gasteiger partial charge in [0.1, 0.15) is 0 Å². The highest BCUT2D eigenvalue weighted by molar-refractivity contribution is 5.80. The van der Waals surface area contributed by atoms with Crippen molar-refractivity contribution in [3.8, 4) is 0 Å². The molecule has 158 valence electrons. The van der Waals surface area contributed by atoms with Crippen LogP contribution in [0.4, 0.5) is 0 Å². The van der Waals surface area contributed by atoms with Crippen LogP contribution in [0.5, 0.6) is 0 Å². The summed E-state index contributed by atoms with van der Waals surface area (Å²) in [4.78, 5) is 9.44. The van der Waals surface area contributed by atoms with Gasteiger partial charge in [-0.3, -0.25) is 4.99 Å². The van der Waals surface area contributed by atoms with Crippen molar-refractivity contribution in [1.29, 1.82) is 0 Å². The minimum Gasteiger partial charge on any atom is -0.383 e. The van der Waals surface area contributed by atoms with Gasteiger partial charge in [-0.2, -0.15) is 0 Å². The summed E-state index contributed by atoms with van der Waals surface area (Å²) in [6.07, 6.45) is 6.41. The van der Waals surface area contributed by atoms with Crippen molar-refractivity contribution in [2.24, 2.45) is 4.99 Å². The van der Waals surface area contributed by atoms with E-state index < -0.39 is 0 Å². The molecule has 0 spiro atoms. The molecule has 0 aromatic heterocycles. The van der Waals surface area contributed by atoms with E-state index in [-0.39, 0.29) is 0 Å². The first-order valence-corrected chi connectivity index (χ1v) is 10.7. The van der Waals surface area contributed by atoms with Crippen LogP contribution in [-0.2, 0) is 14.2 Å². The van der Waals surface area contributed by atoms with Crippen molar-refractivity contribution in [3.63, 3.8) is 0 Å². The van der Waals surface area contributed by atoms with Crippen LogP contribution in [0.3, 0.4) is 0 Å². The first-order chi connectivity index (χ1) is 13.2. The number of methoxy groups -OCH3 is 1. The van der Waals surface area contributed by atoms with E-state index >= 15 is 0 Å². The molecule has 1 unspecified atom stereocenters. The smallest absolute Gasteiger partial charge is 0.193 e. The highest BCUT2D eigenvalue weighted by Gasteiger charge is 2.23. The number of likely N-dealkylation sites (N-methyl/N-ethyl adjacent to an activating group) is 1. The molecule has 0 aromatic rings. The molecule has 2 heterocycles. The fourth-order valence-electron chi connectivity index (χ4n) is 3.53. The number of hydrogen-bond donors (Lipinski definition) is 1. The second-order valence-electron chi connectivity index (χ2n) is 7.54. The van der Waals surface area contributed by atoms with Crippen LogP contribution >= 0.6 is 0 Å². The number of nitrogens with one attached hydrogen (secondary N) is 1. The van der Waals surface area contributed by atoms with Crippen LogP contribution in [0.25, 0.3) is 0 Å². The average molecular weight is 385 g/mol. The average Bonchev–Trinajstić information content (AvgIpc) is 2.71. The molecule has 0 aromatic carbocycles. The van der Waals surface area contributed by atoms with Crippen LogP contribution in [-0.4, -0.2) is 101 Å². The normalized spacial score (nSPS) is 22.4. The fraction of sp³-hybridized carbons (Fsp3) is 0.950. The van der Waals surface area contributed by atoms with E-state index in [0.29, 0.717) is 12.2 Å². The molecule has 0 amide bonds. The number of hydrogen-bond acceptors (Lipinski definition) is 5. The molecule has 2 rings (SSSR count). The SMILES string of the molecule is CCNC(=NCCN(C)CCOC)N1CCC(OCC2CCCCO2)CC1. The van der Waals surface area contributed by atoms with Crippen molar-refractivity contribution in [2.75, 3.05) is 73.2 Å². The molecule has 1 atom stereocenters. The Bertz CT molecular complexity index is 408. The molecule has 0 bridgehead atoms. The van der Waals surface area contributed by atoms with Gasteiger partial charge in [0, 0.05) is 46.4 Å². The van der Waals surface area contributed by atoms with Crippen LogP contribution in [0, 0.1) is 0 Å². The molecule has 1 N–H and O–H groups in total. The van der Waals surface area contributed by atoms with E-state index in [9.17, 15) is 0 Å². The zero-order chi connectivity index (χ0) is 19.3. The molecule has 2 aliphatic rings. The van der Waals surface area contributed by atoms with Gasteiger partial charge in [-0.15, -0.1) is 0 Å². The third-order valence-corrected chi connectivity index (χ3v) is 5.29. The summed E-state index contributed by atoms with van der Waals surface area (Å²) in [5, 5.41) is 3.44. The number of rotatable bonds is 10. The highest BCUT2D eigenvalue weighted by Crippen LogP contribution is 2.18. The Morgan fingerprint density at radius 1 is 1.22 bits per heavy atom. The number of ether oxygens (including phenoxy) is 3. The molecular weight excluding hydrogens is 344 g/mol. The molecule has 0 radical (unpaired) electrons. The van der Waals surface area contributed by atoms with E-state index in [1.807, 2.05) is 0 Å². The van der Waals surface area contributed by atoms with E-state index in [4.69, 9.17) is 19.2 Å². The zero-order valence-corrected chi connectivity index (χ0v) is 17.6. The Morgan fingerprint density at radius 3 is 2.70 bits per heavy atom. The lowest BCUT2D eigenvalue weighted by Gasteiger charge is -2.35. The van der Waals surface area contributed by atoms with Crippen molar-refractivity contribution >= 4 is 5.96 Å². The lowest BCUT2D eigenvalue weighted by molar-refractivity contribution is -0.0721. The number of likely N-dealkylation sites (tertiary alicyclic amines) is 1. The van der Waals surface area contributed by atoms with Gasteiger partial charge in [-0.05, 0) is 46.1 Å². The summed E-state index contributed by atoms with van der Waals surface area (Å²) < 4.78 is 17.0. The predicted molar refractivity (Wildman–Crippen MR) is 109 cm³/mol. The Hall–Kier alpha value is -0.890. The first kappa shape index (κ1) is 22.4. The minimum atomic E-state index is 0.311. The van der Waals surface area contributed by atoms with E-state index in [2.05, 4.69) is 29.1 Å². The standard InChI is InChI=1S/C20H40N4O3/c1-4-21-20(22-10-13-23(2)14-16-25-3)24-11-8-18(9-12-24)27-17-19-7-5-6-15-26-19/h18-19H,4-17H2,1-3H3,(H,21,22). The maximum atomic E-state index is 6.13. The van der Waals surface area contributed by atoms with Crippen LogP contribution in [0.2, 0.25) is 0 Å². The van der Waals surface area contributed by atoms with Gasteiger partial charge in [-0.25, -0.2) is 0 Å². The van der Waals surface area contributed by atoms with Crippen molar-refractivity contribution in [2.45, 2.75) is 51.2 Å². The van der Waals surface area contributed by atoms with E-state index in [1.54, 1.807) is 7.11 Å². The number of guanidine groups is 1. The summed E-state index contributed by atoms with van der Waals surface area (Å²) in [6, 6.07) is 0. The van der Waals surface area contributed by atoms with E-state index in [1.165, 1.54) is 12.8 Å². The summed E-state index contributed by atoms with van der Waals surface area (Å²) in [7, 11) is 3.85. The molecular formula is C20H40N4O3. The van der Waals surface area contributed by atoms with Crippen molar-refractivity contribution in [3.05, 3.63) is 0 Å². The van der Waals surface area contributed by atoms with Crippen LogP contribution in [0.15, 0.2) is 4.99 Å². The third kappa shape index (κ3) is 8.77. The highest BCUT2D eigenvalue weighted by atomic mass is 16.5. The zero-order valence-electron chi connectivity index (χ0n) is 17.6. The molecule has 2 aliphatic heterocycles. The maximum Gasteiger partial charge on any atom is 0.193 e. The van der Waals surface area contributed by atoms with Gasteiger partial charge in [0.25, 0.3) is 0 Å². The second kappa shape index (κ2) is 13.3. The number of piperidine rings is 1. The largest absolute Gasteiger partial charge is 0.383 e. The lowest BCUT2D eigenvalue weighted by atomic mass is 10.1. The molecule has 2 fully saturated rings. The Morgan fingerprint density at radius 2 is 2.04 bits per heavy atom. The monoisotopic (exact) mass is 384 g/mol. The van der Waals surface area contributed by atoms with Gasteiger partial charge in [0.05, 0.1) is 32.0 Å². The molecule has 7 nitrogen and oxygen atoms in total. The Kier molecular flexibility index (Phi) is 11.0. The van der Waals surface area contributed by atoms with Gasteiger partial charge in [0.2, 0.25) is 0 Å². The van der Waals surface area contributed by atoms with Gasteiger partial charge >= 0.3 is 0 Å². The lowest BCUT2D eigenvalue weighted by Crippen LogP contribution is -2.47. The van der Waals surface area contributed by atoms with E-state index in [0.717, 1.165) is 84.3 Å². The second-order valence-corrected chi connectivity index (χ2v) is 7.54. The molecule has 0 aliphatic carbocycles. The Balaban J connectivity index is 1.69. The topological polar surface area (TPSA) is 58.6 Å². The quantitative estimate of drug-likeness (QED) is 0.456. The van der Waals surface area contributed by atoms with Crippen LogP contribution < -0.4 is 5.32 Å². The summed E-state index contributed by atoms with van der Waals surface area (Å²) in [5.41, 5.74) is 0. The number of aliphatic imine (C=N–C) groups is 1. The first-order valence-electron chi connectivity index (χ1n) is 10.7. The predicted octanol–water partition coefficient (Wildman–Crippen LogP) is 1.58. The third-order valence-electron chi connectivity index (χ3n) is 5.29. The fourth-order valence-corrected chi connectivity index (χ4v) is 3.53. The van der Waals surface area contributed by atoms with Crippen molar-refractivity contribution in [1.82, 2.24) is 15.1 Å². The molecule has 27 heavy (non-hydrogen) atoms. The summed E-state index contributed by atoms with van der Waals surface area (Å²) in [5.74, 6) is 1.03. The van der Waals surface area contributed by atoms with Gasteiger partial charge < -0.3 is 29.3 Å². The molecule has 2 saturated heterocycles. The summed E-state index contributed by atoms with van der Waals surface area (Å²) >= 11 is 0. The molecule has 7 heteroatoms. The molecule has 0 saturated carbocycles. The van der Waals surface area contributed by atoms with Gasteiger partial charge in [-0.1, -0.05) is 0 Å². The van der Waals surface area contributed by atoms with Gasteiger partial charge in [0.15, 0.2) is 5.96 Å². The minimum absolute atomic E-state index is 0.311.